The molecule has 51 heavy (non-hydrogen) atoms. The number of fused-ring (bicyclic) bond motifs is 9. The van der Waals surface area contributed by atoms with E-state index >= 15 is 0 Å². The van der Waals surface area contributed by atoms with Gasteiger partial charge in [-0.3, -0.25) is 0 Å². The maximum atomic E-state index is 2.51. The van der Waals surface area contributed by atoms with Crippen LogP contribution in [0.5, 0.6) is 0 Å². The van der Waals surface area contributed by atoms with E-state index in [0.717, 1.165) is 11.4 Å². The molecule has 2 nitrogen and oxygen atoms in total. The van der Waals surface area contributed by atoms with Crippen LogP contribution in [-0.2, 0) is 0 Å². The van der Waals surface area contributed by atoms with Gasteiger partial charge in [-0.25, -0.2) is 0 Å². The first-order valence-corrected chi connectivity index (χ1v) is 17.7. The number of hydrogen-bond acceptors (Lipinski definition) is 2. The van der Waals surface area contributed by atoms with Crippen LogP contribution >= 0.6 is 0 Å². The lowest BCUT2D eigenvalue weighted by atomic mass is 9.32. The van der Waals surface area contributed by atoms with Crippen molar-refractivity contribution in [2.45, 2.75) is 0 Å². The largest absolute Gasteiger partial charge is 0.311 e. The fraction of sp³-hybridized carbons (Fsp3) is 0. The lowest BCUT2D eigenvalue weighted by Crippen LogP contribution is -2.61. The fourth-order valence-electron chi connectivity index (χ4n) is 8.79. The molecule has 0 spiro atoms. The van der Waals surface area contributed by atoms with Crippen molar-refractivity contribution >= 4 is 89.5 Å². The zero-order chi connectivity index (χ0) is 33.5. The van der Waals surface area contributed by atoms with E-state index < -0.39 is 0 Å². The Hall–Kier alpha value is -6.58. The Labute approximate surface area is 297 Å². The molecule has 11 rings (SSSR count). The van der Waals surface area contributed by atoms with E-state index in [1.54, 1.807) is 0 Å². The van der Waals surface area contributed by atoms with Crippen LogP contribution < -0.4 is 26.2 Å². The third-order valence-corrected chi connectivity index (χ3v) is 11.0. The Balaban J connectivity index is 1.32. The molecule has 0 N–H and O–H groups in total. The first-order chi connectivity index (χ1) is 25.3. The highest BCUT2D eigenvalue weighted by Crippen LogP contribution is 2.47. The van der Waals surface area contributed by atoms with Crippen molar-refractivity contribution in [3.05, 3.63) is 188 Å². The predicted molar refractivity (Wildman–Crippen MR) is 218 cm³/mol. The maximum Gasteiger partial charge on any atom is 0.253 e. The number of nitrogens with zero attached hydrogens (tertiary/aromatic N) is 2. The average Bonchev–Trinajstić information content (AvgIpc) is 3.20. The van der Waals surface area contributed by atoms with Gasteiger partial charge in [0.1, 0.15) is 0 Å². The van der Waals surface area contributed by atoms with Crippen molar-refractivity contribution in [1.29, 1.82) is 0 Å². The minimum atomic E-state index is 0.0165. The minimum absolute atomic E-state index is 0.0165. The Morgan fingerprint density at radius 3 is 1.29 bits per heavy atom. The van der Waals surface area contributed by atoms with Crippen LogP contribution in [-0.4, -0.2) is 6.71 Å². The van der Waals surface area contributed by atoms with Gasteiger partial charge in [0.15, 0.2) is 0 Å². The van der Waals surface area contributed by atoms with Gasteiger partial charge in [-0.15, -0.1) is 0 Å². The Morgan fingerprint density at radius 2 is 0.745 bits per heavy atom. The molecule has 0 atom stereocenters. The van der Waals surface area contributed by atoms with E-state index in [0.29, 0.717) is 0 Å². The molecule has 0 saturated carbocycles. The molecular formula is C48H31BN2. The van der Waals surface area contributed by atoms with E-state index in [-0.39, 0.29) is 6.71 Å². The smallest absolute Gasteiger partial charge is 0.253 e. The third-order valence-electron chi connectivity index (χ3n) is 11.0. The van der Waals surface area contributed by atoms with Crippen molar-refractivity contribution < 1.29 is 0 Å². The van der Waals surface area contributed by atoms with Gasteiger partial charge >= 0.3 is 0 Å². The van der Waals surface area contributed by atoms with E-state index in [2.05, 4.69) is 198 Å². The van der Waals surface area contributed by atoms with Crippen molar-refractivity contribution in [2.75, 3.05) is 9.80 Å². The number of benzene rings is 9. The van der Waals surface area contributed by atoms with Crippen molar-refractivity contribution in [3.8, 4) is 11.1 Å². The summed E-state index contributed by atoms with van der Waals surface area (Å²) >= 11 is 0. The summed E-state index contributed by atoms with van der Waals surface area (Å²) in [5, 5.41) is 7.60. The molecule has 3 heteroatoms. The SMILES string of the molecule is c1ccc(N2c3cc(-c4ccc5ccccc5c4)cc4c3B(c3c2ccc2ccccc32)c2c(ccc3ccccc23)N4c2ccccc2)cc1. The van der Waals surface area contributed by atoms with Crippen LogP contribution in [0.4, 0.5) is 34.1 Å². The summed E-state index contributed by atoms with van der Waals surface area (Å²) in [7, 11) is 0. The molecule has 9 aromatic rings. The monoisotopic (exact) mass is 646 g/mol. The number of rotatable bonds is 3. The molecule has 0 radical (unpaired) electrons. The second-order valence-electron chi connectivity index (χ2n) is 13.7. The lowest BCUT2D eigenvalue weighted by molar-refractivity contribution is 1.26. The molecule has 0 fully saturated rings. The van der Waals surface area contributed by atoms with Crippen LogP contribution in [0.25, 0.3) is 43.4 Å². The summed E-state index contributed by atoms with van der Waals surface area (Å²) < 4.78 is 0. The summed E-state index contributed by atoms with van der Waals surface area (Å²) in [5.74, 6) is 0. The lowest BCUT2D eigenvalue weighted by Gasteiger charge is -2.45. The summed E-state index contributed by atoms with van der Waals surface area (Å²) in [5.41, 5.74) is 13.6. The van der Waals surface area contributed by atoms with Gasteiger partial charge in [0, 0.05) is 34.1 Å². The molecule has 0 aromatic heterocycles. The second kappa shape index (κ2) is 11.0. The molecule has 9 aromatic carbocycles. The van der Waals surface area contributed by atoms with E-state index in [9.17, 15) is 0 Å². The van der Waals surface area contributed by atoms with Gasteiger partial charge in [-0.05, 0) is 114 Å². The summed E-state index contributed by atoms with van der Waals surface area (Å²) in [6.45, 7) is 0.0165. The van der Waals surface area contributed by atoms with Gasteiger partial charge in [-0.1, -0.05) is 133 Å². The zero-order valence-corrected chi connectivity index (χ0v) is 27.9. The maximum absolute atomic E-state index is 2.51. The van der Waals surface area contributed by atoms with Gasteiger partial charge in [-0.2, -0.15) is 0 Å². The molecule has 0 saturated heterocycles. The van der Waals surface area contributed by atoms with E-state index in [1.165, 1.54) is 82.6 Å². The molecule has 0 amide bonds. The first kappa shape index (κ1) is 28.3. The molecule has 0 bridgehead atoms. The van der Waals surface area contributed by atoms with Crippen LogP contribution in [0, 0.1) is 0 Å². The van der Waals surface area contributed by atoms with Gasteiger partial charge in [0.2, 0.25) is 0 Å². The third kappa shape index (κ3) is 4.19. The normalized spacial score (nSPS) is 13.0. The Kier molecular flexibility index (Phi) is 6.08. The number of anilines is 6. The number of para-hydroxylation sites is 2. The molecule has 2 aliphatic rings. The van der Waals surface area contributed by atoms with Gasteiger partial charge in [0.25, 0.3) is 6.71 Å². The average molecular weight is 647 g/mol. The molecule has 0 unspecified atom stereocenters. The molecular weight excluding hydrogens is 615 g/mol. The predicted octanol–water partition coefficient (Wildman–Crippen LogP) is 10.9. The first-order valence-electron chi connectivity index (χ1n) is 17.7. The van der Waals surface area contributed by atoms with E-state index in [4.69, 9.17) is 0 Å². The highest BCUT2D eigenvalue weighted by molar-refractivity contribution is 7.02. The molecule has 2 heterocycles. The number of hydrogen-bond donors (Lipinski definition) is 0. The molecule has 2 aliphatic heterocycles. The molecule has 236 valence electrons. The summed E-state index contributed by atoms with van der Waals surface area (Å²) in [6.07, 6.45) is 0. The summed E-state index contributed by atoms with van der Waals surface area (Å²) in [6, 6.07) is 69.4. The highest BCUT2D eigenvalue weighted by Gasteiger charge is 2.45. The second-order valence-corrected chi connectivity index (χ2v) is 13.7. The fourth-order valence-corrected chi connectivity index (χ4v) is 8.79. The van der Waals surface area contributed by atoms with E-state index in [1.807, 2.05) is 0 Å². The standard InChI is InChI=1S/C48H31BN2/c1-3-17-38(18-4-1)50-42-27-25-33-14-9-11-21-40(33)46(42)49-47-41-22-12-10-15-34(41)26-28-43(47)51(39-19-5-2-6-20-39)45-31-37(30-44(50)48(45)49)36-24-23-32-13-7-8-16-35(32)29-36/h1-31H. The van der Waals surface area contributed by atoms with Crippen LogP contribution in [0.2, 0.25) is 0 Å². The van der Waals surface area contributed by atoms with Crippen molar-refractivity contribution in [1.82, 2.24) is 0 Å². The van der Waals surface area contributed by atoms with Crippen LogP contribution in [0.15, 0.2) is 188 Å². The van der Waals surface area contributed by atoms with Crippen molar-refractivity contribution in [2.24, 2.45) is 0 Å². The van der Waals surface area contributed by atoms with Crippen LogP contribution in [0.3, 0.4) is 0 Å². The van der Waals surface area contributed by atoms with Gasteiger partial charge in [0.05, 0.1) is 0 Å². The topological polar surface area (TPSA) is 6.48 Å². The quantitative estimate of drug-likeness (QED) is 0.176. The summed E-state index contributed by atoms with van der Waals surface area (Å²) in [4.78, 5) is 5.03. The van der Waals surface area contributed by atoms with Gasteiger partial charge < -0.3 is 9.80 Å². The minimum Gasteiger partial charge on any atom is -0.311 e. The highest BCUT2D eigenvalue weighted by atomic mass is 15.2. The van der Waals surface area contributed by atoms with Crippen molar-refractivity contribution in [3.63, 3.8) is 0 Å². The molecule has 0 aliphatic carbocycles. The zero-order valence-electron chi connectivity index (χ0n) is 27.9. The Morgan fingerprint density at radius 1 is 0.294 bits per heavy atom. The van der Waals surface area contributed by atoms with Crippen LogP contribution in [0.1, 0.15) is 0 Å². The Bertz CT molecular complexity index is 2680.